The molecule has 1 unspecified atom stereocenters. The van der Waals surface area contributed by atoms with Gasteiger partial charge in [-0.3, -0.25) is 0 Å². The van der Waals surface area contributed by atoms with Crippen LogP contribution in [0.15, 0.2) is 48.5 Å². The summed E-state index contributed by atoms with van der Waals surface area (Å²) in [5.41, 5.74) is 3.40. The fourth-order valence-corrected chi connectivity index (χ4v) is 3.80. The average Bonchev–Trinajstić information content (AvgIpc) is 2.97. The van der Waals surface area contributed by atoms with E-state index in [9.17, 15) is 0 Å². The van der Waals surface area contributed by atoms with Crippen molar-refractivity contribution >= 4 is 34.6 Å². The number of hydrogen-bond donors (Lipinski definition) is 1. The predicted molar refractivity (Wildman–Crippen MR) is 110 cm³/mol. The van der Waals surface area contributed by atoms with Crippen molar-refractivity contribution in [3.05, 3.63) is 64.9 Å². The van der Waals surface area contributed by atoms with Gasteiger partial charge >= 0.3 is 0 Å². The Kier molecular flexibility index (Phi) is 4.62. The van der Waals surface area contributed by atoms with Gasteiger partial charge in [0, 0.05) is 23.5 Å². The highest BCUT2D eigenvalue weighted by Crippen LogP contribution is 2.38. The number of ether oxygens (including phenoxy) is 1. The van der Waals surface area contributed by atoms with Gasteiger partial charge in [-0.1, -0.05) is 29.8 Å². The fourth-order valence-electron chi connectivity index (χ4n) is 3.55. The zero-order valence-electron chi connectivity index (χ0n) is 15.5. The molecule has 0 bridgehead atoms. The Balaban J connectivity index is 1.67. The summed E-state index contributed by atoms with van der Waals surface area (Å²) in [6, 6.07) is 16.4. The summed E-state index contributed by atoms with van der Waals surface area (Å²) in [4.78, 5) is 11.5. The Morgan fingerprint density at radius 2 is 1.96 bits per heavy atom. The topological polar surface area (TPSA) is 50.3 Å². The molecule has 0 aliphatic carbocycles. The van der Waals surface area contributed by atoms with E-state index in [1.165, 1.54) is 11.3 Å². The van der Waals surface area contributed by atoms with Crippen LogP contribution in [0.3, 0.4) is 0 Å². The second-order valence-electron chi connectivity index (χ2n) is 6.68. The average molecular weight is 381 g/mol. The lowest BCUT2D eigenvalue weighted by Gasteiger charge is -2.24. The molecule has 6 heteroatoms. The molecule has 0 spiro atoms. The molecule has 3 aromatic rings. The van der Waals surface area contributed by atoms with E-state index in [0.717, 1.165) is 23.7 Å². The Morgan fingerprint density at radius 1 is 1.15 bits per heavy atom. The zero-order valence-corrected chi connectivity index (χ0v) is 16.3. The van der Waals surface area contributed by atoms with E-state index >= 15 is 0 Å². The summed E-state index contributed by atoms with van der Waals surface area (Å²) >= 11 is 6.23. The zero-order chi connectivity index (χ0) is 19.0. The summed E-state index contributed by atoms with van der Waals surface area (Å²) < 4.78 is 5.21. The van der Waals surface area contributed by atoms with Gasteiger partial charge in [0.15, 0.2) is 0 Å². The van der Waals surface area contributed by atoms with E-state index in [4.69, 9.17) is 16.3 Å². The number of para-hydroxylation sites is 1. The molecule has 1 N–H and O–H groups in total. The first-order chi connectivity index (χ1) is 13.0. The van der Waals surface area contributed by atoms with Crippen LogP contribution in [0.25, 0.3) is 0 Å². The third-order valence-electron chi connectivity index (χ3n) is 4.70. The van der Waals surface area contributed by atoms with Gasteiger partial charge in [0.1, 0.15) is 23.2 Å². The molecular weight excluding hydrogens is 360 g/mol. The SMILES string of the molecule is COc1ccc(Nc2cc(N3c4ccccc4CC3C)nc(C)n2)cc1Cl. The van der Waals surface area contributed by atoms with Crippen molar-refractivity contribution in [2.45, 2.75) is 26.3 Å². The number of nitrogens with zero attached hydrogens (tertiary/aromatic N) is 3. The molecule has 0 amide bonds. The number of aromatic nitrogens is 2. The van der Waals surface area contributed by atoms with Gasteiger partial charge in [0.05, 0.1) is 12.1 Å². The molecular formula is C21H21ClN4O. The molecule has 0 saturated heterocycles. The number of aryl methyl sites for hydroxylation is 1. The number of rotatable bonds is 4. The predicted octanol–water partition coefficient (Wildman–Crippen LogP) is 5.27. The molecule has 27 heavy (non-hydrogen) atoms. The van der Waals surface area contributed by atoms with E-state index in [-0.39, 0.29) is 0 Å². The van der Waals surface area contributed by atoms with E-state index in [1.54, 1.807) is 7.11 Å². The highest BCUT2D eigenvalue weighted by molar-refractivity contribution is 6.32. The Morgan fingerprint density at radius 3 is 2.74 bits per heavy atom. The van der Waals surface area contributed by atoms with Gasteiger partial charge in [-0.05, 0) is 50.1 Å². The number of anilines is 4. The van der Waals surface area contributed by atoms with Gasteiger partial charge in [-0.25, -0.2) is 9.97 Å². The van der Waals surface area contributed by atoms with Crippen LogP contribution in [0.2, 0.25) is 5.02 Å². The maximum atomic E-state index is 6.23. The quantitative estimate of drug-likeness (QED) is 0.667. The van der Waals surface area contributed by atoms with Crippen molar-refractivity contribution in [3.8, 4) is 5.75 Å². The molecule has 0 fully saturated rings. The summed E-state index contributed by atoms with van der Waals surface area (Å²) in [5.74, 6) is 2.98. The van der Waals surface area contributed by atoms with Crippen molar-refractivity contribution in [2.24, 2.45) is 0 Å². The van der Waals surface area contributed by atoms with Crippen LogP contribution in [-0.2, 0) is 6.42 Å². The lowest BCUT2D eigenvalue weighted by atomic mass is 10.1. The highest BCUT2D eigenvalue weighted by atomic mass is 35.5. The van der Waals surface area contributed by atoms with Gasteiger partial charge in [0.25, 0.3) is 0 Å². The summed E-state index contributed by atoms with van der Waals surface area (Å²) in [7, 11) is 1.60. The number of nitrogens with one attached hydrogen (secondary N) is 1. The molecule has 2 heterocycles. The molecule has 0 radical (unpaired) electrons. The first-order valence-corrected chi connectivity index (χ1v) is 9.26. The van der Waals surface area contributed by atoms with Gasteiger partial charge in [-0.2, -0.15) is 0 Å². The van der Waals surface area contributed by atoms with E-state index in [2.05, 4.69) is 51.4 Å². The molecule has 2 aromatic carbocycles. The number of halogens is 1. The maximum Gasteiger partial charge on any atom is 0.139 e. The largest absolute Gasteiger partial charge is 0.495 e. The normalized spacial score (nSPS) is 15.6. The van der Waals surface area contributed by atoms with Crippen LogP contribution >= 0.6 is 11.6 Å². The van der Waals surface area contributed by atoms with Crippen LogP contribution in [-0.4, -0.2) is 23.1 Å². The van der Waals surface area contributed by atoms with Crippen LogP contribution in [0, 0.1) is 6.92 Å². The lowest BCUT2D eigenvalue weighted by molar-refractivity contribution is 0.415. The van der Waals surface area contributed by atoms with Gasteiger partial charge in [0.2, 0.25) is 0 Å². The van der Waals surface area contributed by atoms with Crippen molar-refractivity contribution in [2.75, 3.05) is 17.3 Å². The monoisotopic (exact) mass is 380 g/mol. The third-order valence-corrected chi connectivity index (χ3v) is 5.00. The van der Waals surface area contributed by atoms with E-state index in [1.807, 2.05) is 31.2 Å². The Hall–Kier alpha value is -2.79. The lowest BCUT2D eigenvalue weighted by Crippen LogP contribution is -2.25. The van der Waals surface area contributed by atoms with Crippen molar-refractivity contribution in [3.63, 3.8) is 0 Å². The minimum Gasteiger partial charge on any atom is -0.495 e. The third kappa shape index (κ3) is 3.43. The fraction of sp³-hybridized carbons (Fsp3) is 0.238. The minimum absolute atomic E-state index is 0.347. The van der Waals surface area contributed by atoms with Crippen LogP contribution in [0.4, 0.5) is 23.0 Å². The molecule has 1 aliphatic rings. The molecule has 138 valence electrons. The molecule has 1 aromatic heterocycles. The van der Waals surface area contributed by atoms with Crippen molar-refractivity contribution in [1.82, 2.24) is 9.97 Å². The van der Waals surface area contributed by atoms with Gasteiger partial charge in [-0.15, -0.1) is 0 Å². The second-order valence-corrected chi connectivity index (χ2v) is 7.09. The summed E-state index contributed by atoms with van der Waals surface area (Å²) in [6.07, 6.45) is 1.01. The maximum absolute atomic E-state index is 6.23. The number of fused-ring (bicyclic) bond motifs is 1. The molecule has 4 rings (SSSR count). The number of hydrogen-bond acceptors (Lipinski definition) is 5. The second kappa shape index (κ2) is 7.08. The first kappa shape index (κ1) is 17.6. The number of methoxy groups -OCH3 is 1. The molecule has 0 saturated carbocycles. The minimum atomic E-state index is 0.347. The Labute approximate surface area is 164 Å². The van der Waals surface area contributed by atoms with Crippen LogP contribution in [0.5, 0.6) is 5.75 Å². The van der Waals surface area contributed by atoms with Crippen LogP contribution in [0.1, 0.15) is 18.3 Å². The Bertz CT molecular complexity index is 992. The number of benzene rings is 2. The van der Waals surface area contributed by atoms with E-state index < -0.39 is 0 Å². The summed E-state index contributed by atoms with van der Waals surface area (Å²) in [5, 5.41) is 3.87. The smallest absolute Gasteiger partial charge is 0.139 e. The van der Waals surface area contributed by atoms with Crippen molar-refractivity contribution in [1.29, 1.82) is 0 Å². The molecule has 5 nitrogen and oxygen atoms in total. The standard InChI is InChI=1S/C21H21ClN4O/c1-13-10-15-6-4-5-7-18(15)26(13)21-12-20(23-14(2)24-21)25-16-8-9-19(27-3)17(22)11-16/h4-9,11-13H,10H2,1-3H3,(H,23,24,25). The van der Waals surface area contributed by atoms with Crippen molar-refractivity contribution < 1.29 is 4.74 Å². The molecule has 1 aliphatic heterocycles. The van der Waals surface area contributed by atoms with E-state index in [0.29, 0.717) is 22.6 Å². The summed E-state index contributed by atoms with van der Waals surface area (Å²) in [6.45, 7) is 4.12. The van der Waals surface area contributed by atoms with Gasteiger partial charge < -0.3 is 15.0 Å². The first-order valence-electron chi connectivity index (χ1n) is 8.88. The molecule has 1 atom stereocenters. The highest BCUT2D eigenvalue weighted by Gasteiger charge is 2.28. The van der Waals surface area contributed by atoms with Crippen LogP contribution < -0.4 is 15.0 Å².